The number of likely N-dealkylation sites (tertiary alicyclic amines) is 1. The fourth-order valence-electron chi connectivity index (χ4n) is 2.33. The number of aliphatic hydroxyl groups excluding tert-OH is 1. The van der Waals surface area contributed by atoms with Gasteiger partial charge in [-0.15, -0.1) is 0 Å². The Morgan fingerprint density at radius 1 is 1.47 bits per heavy atom. The molecule has 2 unspecified atom stereocenters. The van der Waals surface area contributed by atoms with E-state index in [1.807, 2.05) is 7.05 Å². The fraction of sp³-hybridized carbons (Fsp3) is 1.00. The van der Waals surface area contributed by atoms with Crippen molar-refractivity contribution in [3.05, 3.63) is 0 Å². The van der Waals surface area contributed by atoms with Crippen molar-refractivity contribution in [2.24, 2.45) is 0 Å². The van der Waals surface area contributed by atoms with E-state index in [0.29, 0.717) is 6.10 Å². The van der Waals surface area contributed by atoms with Crippen LogP contribution in [0.4, 0.5) is 0 Å². The van der Waals surface area contributed by atoms with Crippen LogP contribution >= 0.6 is 0 Å². The van der Waals surface area contributed by atoms with Crippen molar-refractivity contribution in [3.8, 4) is 0 Å². The van der Waals surface area contributed by atoms with Crippen molar-refractivity contribution in [2.45, 2.75) is 44.2 Å². The topological polar surface area (TPSA) is 44.7 Å². The Hall–Kier alpha value is -0.160. The van der Waals surface area contributed by atoms with Gasteiger partial charge in [-0.05, 0) is 39.8 Å². The summed E-state index contributed by atoms with van der Waals surface area (Å²) in [5.74, 6) is 0. The fourth-order valence-corrected chi connectivity index (χ4v) is 2.33. The lowest BCUT2D eigenvalue weighted by Crippen LogP contribution is -2.43. The number of nitrogens with one attached hydrogen (secondary N) is 1. The average molecular weight is 244 g/mol. The molecular weight excluding hydrogens is 216 g/mol. The maximum absolute atomic E-state index is 9.27. The Kier molecular flexibility index (Phi) is 6.41. The summed E-state index contributed by atoms with van der Waals surface area (Å²) in [7, 11) is 3.72. The van der Waals surface area contributed by atoms with E-state index in [-0.39, 0.29) is 12.1 Å². The van der Waals surface area contributed by atoms with Crippen molar-refractivity contribution in [1.29, 1.82) is 0 Å². The molecule has 0 radical (unpaired) electrons. The predicted molar refractivity (Wildman–Crippen MR) is 70.3 cm³/mol. The number of aliphatic hydroxyl groups is 1. The zero-order valence-corrected chi connectivity index (χ0v) is 11.5. The third kappa shape index (κ3) is 4.92. The lowest BCUT2D eigenvalue weighted by Gasteiger charge is -2.27. The molecule has 0 bridgehead atoms. The first kappa shape index (κ1) is 14.9. The van der Waals surface area contributed by atoms with Gasteiger partial charge in [0.2, 0.25) is 0 Å². The number of hydrogen-bond acceptors (Lipinski definition) is 4. The van der Waals surface area contributed by atoms with Crippen molar-refractivity contribution in [1.82, 2.24) is 10.2 Å². The average Bonchev–Trinajstić information content (AvgIpc) is 2.82. The molecule has 0 aliphatic carbocycles. The first-order valence-electron chi connectivity index (χ1n) is 6.68. The van der Waals surface area contributed by atoms with Crippen LogP contribution in [0.25, 0.3) is 0 Å². The summed E-state index contributed by atoms with van der Waals surface area (Å²) in [6.07, 6.45) is 5.00. The zero-order chi connectivity index (χ0) is 12.7. The van der Waals surface area contributed by atoms with Gasteiger partial charge in [0, 0.05) is 25.7 Å². The van der Waals surface area contributed by atoms with Crippen molar-refractivity contribution in [2.75, 3.05) is 40.4 Å². The number of hydrogen-bond donors (Lipinski definition) is 2. The lowest BCUT2D eigenvalue weighted by atomic mass is 9.96. The van der Waals surface area contributed by atoms with Crippen molar-refractivity contribution in [3.63, 3.8) is 0 Å². The molecule has 102 valence electrons. The van der Waals surface area contributed by atoms with E-state index in [9.17, 15) is 5.11 Å². The zero-order valence-electron chi connectivity index (χ0n) is 11.5. The van der Waals surface area contributed by atoms with E-state index in [1.54, 1.807) is 7.11 Å². The summed E-state index contributed by atoms with van der Waals surface area (Å²) < 4.78 is 5.35. The minimum Gasteiger partial charge on any atom is -0.394 e. The molecule has 4 heteroatoms. The number of nitrogens with zero attached hydrogens (tertiary/aromatic N) is 1. The Morgan fingerprint density at radius 2 is 2.24 bits per heavy atom. The summed E-state index contributed by atoms with van der Waals surface area (Å²) in [6, 6.07) is 0. The van der Waals surface area contributed by atoms with Crippen molar-refractivity contribution < 1.29 is 9.84 Å². The smallest absolute Gasteiger partial charge is 0.0710 e. The molecule has 0 aromatic rings. The second kappa shape index (κ2) is 7.31. The molecule has 1 fully saturated rings. The molecule has 0 amide bonds. The lowest BCUT2D eigenvalue weighted by molar-refractivity contribution is 0.107. The van der Waals surface area contributed by atoms with Gasteiger partial charge in [0.15, 0.2) is 0 Å². The second-order valence-electron chi connectivity index (χ2n) is 5.37. The molecule has 2 N–H and O–H groups in total. The summed E-state index contributed by atoms with van der Waals surface area (Å²) >= 11 is 0. The van der Waals surface area contributed by atoms with Gasteiger partial charge in [0.25, 0.3) is 0 Å². The normalized spacial score (nSPS) is 25.1. The molecule has 0 saturated carbocycles. The number of rotatable bonds is 8. The van der Waals surface area contributed by atoms with Crippen LogP contribution in [0.2, 0.25) is 0 Å². The Bertz CT molecular complexity index is 208. The van der Waals surface area contributed by atoms with Gasteiger partial charge in [0.1, 0.15) is 0 Å². The van der Waals surface area contributed by atoms with Gasteiger partial charge >= 0.3 is 0 Å². The molecule has 1 aliphatic heterocycles. The Labute approximate surface area is 105 Å². The van der Waals surface area contributed by atoms with Gasteiger partial charge in [-0.3, -0.25) is 0 Å². The molecule has 4 nitrogen and oxygen atoms in total. The Morgan fingerprint density at radius 3 is 2.76 bits per heavy atom. The third-order valence-corrected chi connectivity index (χ3v) is 3.97. The van der Waals surface area contributed by atoms with Crippen LogP contribution in [0, 0.1) is 0 Å². The molecule has 17 heavy (non-hydrogen) atoms. The van der Waals surface area contributed by atoms with E-state index in [2.05, 4.69) is 17.1 Å². The van der Waals surface area contributed by atoms with Crippen LogP contribution in [-0.2, 0) is 4.74 Å². The van der Waals surface area contributed by atoms with Crippen LogP contribution in [0.5, 0.6) is 0 Å². The molecule has 2 atom stereocenters. The highest BCUT2D eigenvalue weighted by Gasteiger charge is 2.22. The van der Waals surface area contributed by atoms with Gasteiger partial charge in [0.05, 0.1) is 12.7 Å². The van der Waals surface area contributed by atoms with Crippen LogP contribution < -0.4 is 5.32 Å². The number of methoxy groups -OCH3 is 1. The number of likely N-dealkylation sites (N-methyl/N-ethyl adjacent to an activating group) is 1. The molecule has 0 spiro atoms. The minimum absolute atomic E-state index is 0.111. The summed E-state index contributed by atoms with van der Waals surface area (Å²) in [5.41, 5.74) is -0.111. The molecule has 1 rings (SSSR count). The standard InChI is InChI=1S/C13H28N2O2/c1-13(11-16,14-2)7-4-5-8-15-9-6-12(10-15)17-3/h12,14,16H,4-11H2,1-3H3. The van der Waals surface area contributed by atoms with Gasteiger partial charge in [-0.1, -0.05) is 6.42 Å². The molecule has 0 aromatic heterocycles. The molecule has 1 saturated heterocycles. The third-order valence-electron chi connectivity index (χ3n) is 3.97. The maximum atomic E-state index is 9.27. The SMILES string of the molecule is CNC(C)(CO)CCCCN1CCC(OC)C1. The first-order chi connectivity index (χ1) is 8.13. The molecule has 1 heterocycles. The number of unbranched alkanes of at least 4 members (excludes halogenated alkanes) is 1. The quantitative estimate of drug-likeness (QED) is 0.621. The van der Waals surface area contributed by atoms with E-state index >= 15 is 0 Å². The van der Waals surface area contributed by atoms with Crippen LogP contribution in [0.15, 0.2) is 0 Å². The first-order valence-corrected chi connectivity index (χ1v) is 6.68. The van der Waals surface area contributed by atoms with Crippen LogP contribution in [-0.4, -0.2) is 62.0 Å². The van der Waals surface area contributed by atoms with E-state index in [4.69, 9.17) is 4.74 Å². The molecular formula is C13H28N2O2. The van der Waals surface area contributed by atoms with E-state index < -0.39 is 0 Å². The highest BCUT2D eigenvalue weighted by atomic mass is 16.5. The largest absolute Gasteiger partial charge is 0.394 e. The van der Waals surface area contributed by atoms with Crippen LogP contribution in [0.1, 0.15) is 32.6 Å². The molecule has 0 aromatic carbocycles. The monoisotopic (exact) mass is 244 g/mol. The van der Waals surface area contributed by atoms with E-state index in [0.717, 1.165) is 25.9 Å². The van der Waals surface area contributed by atoms with Gasteiger partial charge < -0.3 is 20.1 Å². The van der Waals surface area contributed by atoms with Gasteiger partial charge in [-0.25, -0.2) is 0 Å². The molecule has 1 aliphatic rings. The highest BCUT2D eigenvalue weighted by Crippen LogP contribution is 2.15. The summed E-state index contributed by atoms with van der Waals surface area (Å²) in [4.78, 5) is 2.48. The maximum Gasteiger partial charge on any atom is 0.0710 e. The number of ether oxygens (including phenoxy) is 1. The van der Waals surface area contributed by atoms with E-state index in [1.165, 1.54) is 19.4 Å². The summed E-state index contributed by atoms with van der Waals surface area (Å²) in [5, 5.41) is 12.5. The minimum atomic E-state index is -0.111. The predicted octanol–water partition coefficient (Wildman–Crippen LogP) is 0.848. The van der Waals surface area contributed by atoms with Crippen LogP contribution in [0.3, 0.4) is 0 Å². The Balaban J connectivity index is 2.08. The van der Waals surface area contributed by atoms with Crippen molar-refractivity contribution >= 4 is 0 Å². The summed E-state index contributed by atoms with van der Waals surface area (Å²) in [6.45, 7) is 5.69. The van der Waals surface area contributed by atoms with Gasteiger partial charge in [-0.2, -0.15) is 0 Å². The highest BCUT2D eigenvalue weighted by molar-refractivity contribution is 4.81. The second-order valence-corrected chi connectivity index (χ2v) is 5.37.